The summed E-state index contributed by atoms with van der Waals surface area (Å²) in [5, 5.41) is 5.15. The summed E-state index contributed by atoms with van der Waals surface area (Å²) in [7, 11) is 1.66. The van der Waals surface area contributed by atoms with Gasteiger partial charge in [0.05, 0.1) is 12.7 Å². The molecular weight excluding hydrogens is 272 g/mol. The highest BCUT2D eigenvalue weighted by molar-refractivity contribution is 7.10. The number of ether oxygens (including phenoxy) is 1. The summed E-state index contributed by atoms with van der Waals surface area (Å²) in [5.41, 5.74) is 7.07. The Bertz CT molecular complexity index is 564. The third-order valence-corrected chi connectivity index (χ3v) is 3.92. The number of primary amides is 1. The van der Waals surface area contributed by atoms with Crippen LogP contribution in [-0.2, 0) is 13.0 Å². The van der Waals surface area contributed by atoms with E-state index in [0.29, 0.717) is 5.56 Å². The molecule has 0 atom stereocenters. The van der Waals surface area contributed by atoms with E-state index in [0.717, 1.165) is 30.1 Å². The van der Waals surface area contributed by atoms with Gasteiger partial charge in [-0.15, -0.1) is 11.3 Å². The fourth-order valence-corrected chi connectivity index (χ4v) is 2.68. The van der Waals surface area contributed by atoms with Gasteiger partial charge in [-0.25, -0.2) is 0 Å². The molecule has 5 heteroatoms. The molecule has 20 heavy (non-hydrogen) atoms. The quantitative estimate of drug-likeness (QED) is 0.768. The number of carbonyl (C=O) groups is 1. The van der Waals surface area contributed by atoms with Gasteiger partial charge < -0.3 is 15.8 Å². The molecule has 0 radical (unpaired) electrons. The highest BCUT2D eigenvalue weighted by Gasteiger charge is 2.04. The number of benzene rings is 1. The Morgan fingerprint density at radius 2 is 2.10 bits per heavy atom. The van der Waals surface area contributed by atoms with Crippen LogP contribution >= 0.6 is 11.3 Å². The zero-order chi connectivity index (χ0) is 14.4. The van der Waals surface area contributed by atoms with E-state index in [2.05, 4.69) is 17.4 Å². The number of carbonyl (C=O) groups excluding carboxylic acids is 1. The molecule has 0 spiro atoms. The number of methoxy groups -OCH3 is 1. The van der Waals surface area contributed by atoms with Crippen molar-refractivity contribution in [2.45, 2.75) is 13.0 Å². The first-order valence-corrected chi connectivity index (χ1v) is 7.28. The summed E-state index contributed by atoms with van der Waals surface area (Å²) in [5.74, 6) is 0.505. The highest BCUT2D eigenvalue weighted by atomic mass is 32.1. The fourth-order valence-electron chi connectivity index (χ4n) is 1.84. The Balaban J connectivity index is 1.73. The SMILES string of the molecule is COc1ccc(CCNCc2cc(C(N)=O)cs2)cc1. The summed E-state index contributed by atoms with van der Waals surface area (Å²) in [6.45, 7) is 1.64. The lowest BCUT2D eigenvalue weighted by molar-refractivity contribution is 0.100. The first-order valence-electron chi connectivity index (χ1n) is 6.40. The van der Waals surface area contributed by atoms with Gasteiger partial charge in [-0.2, -0.15) is 0 Å². The van der Waals surface area contributed by atoms with Gasteiger partial charge in [-0.3, -0.25) is 4.79 Å². The van der Waals surface area contributed by atoms with E-state index in [1.807, 2.05) is 18.2 Å². The Labute approximate surface area is 122 Å². The minimum absolute atomic E-state index is 0.370. The molecule has 0 saturated heterocycles. The Morgan fingerprint density at radius 1 is 1.35 bits per heavy atom. The van der Waals surface area contributed by atoms with Crippen LogP contribution in [0.4, 0.5) is 0 Å². The van der Waals surface area contributed by atoms with Crippen LogP contribution in [0, 0.1) is 0 Å². The third-order valence-electron chi connectivity index (χ3n) is 2.99. The average Bonchev–Trinajstić information content (AvgIpc) is 2.93. The lowest BCUT2D eigenvalue weighted by Gasteiger charge is -2.05. The van der Waals surface area contributed by atoms with E-state index in [9.17, 15) is 4.79 Å². The van der Waals surface area contributed by atoms with E-state index in [-0.39, 0.29) is 5.91 Å². The fraction of sp³-hybridized carbons (Fsp3) is 0.267. The van der Waals surface area contributed by atoms with Gasteiger partial charge in [0.15, 0.2) is 0 Å². The first kappa shape index (κ1) is 14.6. The number of hydrogen-bond donors (Lipinski definition) is 2. The van der Waals surface area contributed by atoms with Gasteiger partial charge in [0.25, 0.3) is 0 Å². The third kappa shape index (κ3) is 4.08. The van der Waals surface area contributed by atoms with Crippen LogP contribution in [0.25, 0.3) is 0 Å². The van der Waals surface area contributed by atoms with Gasteiger partial charge in [-0.05, 0) is 36.7 Å². The molecule has 0 aliphatic heterocycles. The first-order chi connectivity index (χ1) is 9.69. The van der Waals surface area contributed by atoms with Crippen LogP contribution in [0.1, 0.15) is 20.8 Å². The van der Waals surface area contributed by atoms with Crippen molar-refractivity contribution in [3.8, 4) is 5.75 Å². The van der Waals surface area contributed by atoms with Gasteiger partial charge >= 0.3 is 0 Å². The van der Waals surface area contributed by atoms with Crippen LogP contribution in [0.15, 0.2) is 35.7 Å². The maximum absolute atomic E-state index is 11.0. The van der Waals surface area contributed by atoms with E-state index < -0.39 is 0 Å². The minimum atomic E-state index is -0.370. The predicted molar refractivity (Wildman–Crippen MR) is 81.2 cm³/mol. The largest absolute Gasteiger partial charge is 0.497 e. The molecule has 106 valence electrons. The number of amides is 1. The molecule has 1 heterocycles. The summed E-state index contributed by atoms with van der Waals surface area (Å²) in [6, 6.07) is 9.91. The van der Waals surface area contributed by atoms with Crippen molar-refractivity contribution in [2.24, 2.45) is 5.73 Å². The number of nitrogens with one attached hydrogen (secondary N) is 1. The lowest BCUT2D eigenvalue weighted by Crippen LogP contribution is -2.16. The van der Waals surface area contributed by atoms with Crippen molar-refractivity contribution in [2.75, 3.05) is 13.7 Å². The molecule has 1 aromatic carbocycles. The van der Waals surface area contributed by atoms with E-state index in [1.165, 1.54) is 5.56 Å². The normalized spacial score (nSPS) is 10.4. The van der Waals surface area contributed by atoms with Crippen molar-refractivity contribution < 1.29 is 9.53 Å². The van der Waals surface area contributed by atoms with Crippen molar-refractivity contribution in [1.82, 2.24) is 5.32 Å². The molecule has 0 unspecified atom stereocenters. The monoisotopic (exact) mass is 290 g/mol. The van der Waals surface area contributed by atoms with Crippen LogP contribution in [-0.4, -0.2) is 19.6 Å². The van der Waals surface area contributed by atoms with E-state index in [1.54, 1.807) is 23.8 Å². The van der Waals surface area contributed by atoms with Crippen LogP contribution in [0.2, 0.25) is 0 Å². The number of hydrogen-bond acceptors (Lipinski definition) is 4. The smallest absolute Gasteiger partial charge is 0.249 e. The summed E-state index contributed by atoms with van der Waals surface area (Å²) >= 11 is 1.55. The molecular formula is C15H18N2O2S. The molecule has 4 nitrogen and oxygen atoms in total. The molecule has 1 amide bonds. The second-order valence-electron chi connectivity index (χ2n) is 4.44. The Kier molecular flexibility index (Phi) is 5.15. The van der Waals surface area contributed by atoms with Gasteiger partial charge in [-0.1, -0.05) is 12.1 Å². The Morgan fingerprint density at radius 3 is 2.70 bits per heavy atom. The zero-order valence-electron chi connectivity index (χ0n) is 11.4. The molecule has 3 N–H and O–H groups in total. The Hall–Kier alpha value is -1.85. The zero-order valence-corrected chi connectivity index (χ0v) is 12.2. The van der Waals surface area contributed by atoms with Crippen molar-refractivity contribution in [1.29, 1.82) is 0 Å². The van der Waals surface area contributed by atoms with Gasteiger partial charge in [0, 0.05) is 16.8 Å². The molecule has 2 rings (SSSR count). The maximum atomic E-state index is 11.0. The molecule has 0 fully saturated rings. The van der Waals surface area contributed by atoms with E-state index in [4.69, 9.17) is 10.5 Å². The van der Waals surface area contributed by atoms with E-state index >= 15 is 0 Å². The predicted octanol–water partition coefficient (Wildman–Crippen LogP) is 2.19. The summed E-state index contributed by atoms with van der Waals surface area (Å²) < 4.78 is 5.12. The summed E-state index contributed by atoms with van der Waals surface area (Å²) in [4.78, 5) is 12.1. The number of thiophene rings is 1. The van der Waals surface area contributed by atoms with Crippen LogP contribution in [0.5, 0.6) is 5.75 Å². The molecule has 0 aliphatic carbocycles. The maximum Gasteiger partial charge on any atom is 0.249 e. The number of rotatable bonds is 7. The van der Waals surface area contributed by atoms with Crippen molar-refractivity contribution >= 4 is 17.2 Å². The second-order valence-corrected chi connectivity index (χ2v) is 5.44. The molecule has 0 aliphatic rings. The standard InChI is InChI=1S/C15H18N2O2S/c1-19-13-4-2-11(3-5-13)6-7-17-9-14-8-12(10-20-14)15(16)18/h2-5,8,10,17H,6-7,9H2,1H3,(H2,16,18). The van der Waals surface area contributed by atoms with Crippen LogP contribution < -0.4 is 15.8 Å². The van der Waals surface area contributed by atoms with Crippen molar-refractivity contribution in [3.63, 3.8) is 0 Å². The van der Waals surface area contributed by atoms with Crippen molar-refractivity contribution in [3.05, 3.63) is 51.7 Å². The molecule has 0 saturated carbocycles. The topological polar surface area (TPSA) is 64.3 Å². The molecule has 1 aromatic heterocycles. The van der Waals surface area contributed by atoms with Gasteiger partial charge in [0.1, 0.15) is 5.75 Å². The lowest BCUT2D eigenvalue weighted by atomic mass is 10.1. The average molecular weight is 290 g/mol. The molecule has 0 bridgehead atoms. The van der Waals surface area contributed by atoms with Gasteiger partial charge in [0.2, 0.25) is 5.91 Å². The number of nitrogens with two attached hydrogens (primary N) is 1. The molecule has 2 aromatic rings. The minimum Gasteiger partial charge on any atom is -0.497 e. The van der Waals surface area contributed by atoms with Crippen LogP contribution in [0.3, 0.4) is 0 Å². The summed E-state index contributed by atoms with van der Waals surface area (Å²) in [6.07, 6.45) is 0.956. The second kappa shape index (κ2) is 7.07. The highest BCUT2D eigenvalue weighted by Crippen LogP contribution is 2.14.